The zero-order chi connectivity index (χ0) is 12.6. The maximum atomic E-state index is 6.48. The molecule has 90 valence electrons. The molecule has 1 aromatic heterocycles. The van der Waals surface area contributed by atoms with E-state index in [1.165, 1.54) is 11.1 Å². The first-order valence-corrected chi connectivity index (χ1v) is 6.51. The minimum Gasteiger partial charge on any atom is -0.253 e. The second-order valence-electron chi connectivity index (χ2n) is 4.77. The van der Waals surface area contributed by atoms with Crippen LogP contribution < -0.4 is 0 Å². The first kappa shape index (κ1) is 12.4. The van der Waals surface area contributed by atoms with Crippen molar-refractivity contribution in [2.75, 3.05) is 0 Å². The molecule has 1 nitrogen and oxygen atoms in total. The molecule has 0 radical (unpaired) electrons. The molecule has 2 heteroatoms. The normalized spacial score (nSPS) is 11.4. The minimum atomic E-state index is 0.516. The number of halogens is 1. The lowest BCUT2D eigenvalue weighted by atomic mass is 9.99. The van der Waals surface area contributed by atoms with Crippen molar-refractivity contribution in [2.24, 2.45) is 0 Å². The summed E-state index contributed by atoms with van der Waals surface area (Å²) in [7, 11) is 0. The molecule has 0 saturated carbocycles. The van der Waals surface area contributed by atoms with E-state index in [0.29, 0.717) is 5.92 Å². The number of benzene rings is 1. The Hall–Kier alpha value is -1.08. The molecule has 0 unspecified atom stereocenters. The highest BCUT2D eigenvalue weighted by molar-refractivity contribution is 6.36. The molecule has 17 heavy (non-hydrogen) atoms. The molecule has 0 aliphatic carbocycles. The van der Waals surface area contributed by atoms with Crippen LogP contribution in [0.25, 0.3) is 10.9 Å². The fourth-order valence-corrected chi connectivity index (χ4v) is 2.59. The number of hydrogen-bond acceptors (Lipinski definition) is 1. The van der Waals surface area contributed by atoms with Gasteiger partial charge in [-0.3, -0.25) is 4.98 Å². The van der Waals surface area contributed by atoms with Crippen molar-refractivity contribution in [3.8, 4) is 0 Å². The summed E-state index contributed by atoms with van der Waals surface area (Å²) in [4.78, 5) is 4.62. The molecule has 2 rings (SSSR count). The molecule has 1 aromatic carbocycles. The Kier molecular flexibility index (Phi) is 3.39. The maximum Gasteiger partial charge on any atom is 0.0720 e. The van der Waals surface area contributed by atoms with Crippen molar-refractivity contribution in [2.45, 2.75) is 40.0 Å². The van der Waals surface area contributed by atoms with Crippen molar-refractivity contribution >= 4 is 22.5 Å². The fraction of sp³-hybridized carbons (Fsp3) is 0.400. The van der Waals surface area contributed by atoms with E-state index in [4.69, 9.17) is 11.6 Å². The zero-order valence-corrected chi connectivity index (χ0v) is 11.6. The van der Waals surface area contributed by atoms with E-state index in [2.05, 4.69) is 44.0 Å². The van der Waals surface area contributed by atoms with Gasteiger partial charge >= 0.3 is 0 Å². The van der Waals surface area contributed by atoms with E-state index in [1.54, 1.807) is 0 Å². The summed E-state index contributed by atoms with van der Waals surface area (Å²) < 4.78 is 0. The summed E-state index contributed by atoms with van der Waals surface area (Å²) in [5, 5.41) is 1.96. The van der Waals surface area contributed by atoms with Gasteiger partial charge in [-0.2, -0.15) is 0 Å². The third-order valence-electron chi connectivity index (χ3n) is 3.27. The molecular formula is C15H18ClN. The van der Waals surface area contributed by atoms with Crippen molar-refractivity contribution in [1.82, 2.24) is 4.98 Å². The predicted molar refractivity (Wildman–Crippen MR) is 75.0 cm³/mol. The highest BCUT2D eigenvalue weighted by Crippen LogP contribution is 2.30. The van der Waals surface area contributed by atoms with Gasteiger partial charge in [0.2, 0.25) is 0 Å². The number of pyridine rings is 1. The molecule has 0 spiro atoms. The van der Waals surface area contributed by atoms with Gasteiger partial charge in [0.1, 0.15) is 0 Å². The van der Waals surface area contributed by atoms with Crippen LogP contribution in [-0.4, -0.2) is 4.98 Å². The van der Waals surface area contributed by atoms with E-state index >= 15 is 0 Å². The Balaban J connectivity index is 2.76. The van der Waals surface area contributed by atoms with Gasteiger partial charge < -0.3 is 0 Å². The number of aryl methyl sites for hydroxylation is 1. The first-order valence-electron chi connectivity index (χ1n) is 6.13. The summed E-state index contributed by atoms with van der Waals surface area (Å²) in [6, 6.07) is 6.39. The topological polar surface area (TPSA) is 12.9 Å². The standard InChI is InChI=1S/C15H18ClN/c1-5-12-10(4)17-14-7-6-11(9(2)3)8-13(14)15(12)16/h6-9H,5H2,1-4H3. The van der Waals surface area contributed by atoms with Gasteiger partial charge in [-0.1, -0.05) is 38.4 Å². The molecule has 2 aromatic rings. The van der Waals surface area contributed by atoms with E-state index in [-0.39, 0.29) is 0 Å². The highest BCUT2D eigenvalue weighted by Gasteiger charge is 2.10. The lowest BCUT2D eigenvalue weighted by Gasteiger charge is -2.12. The van der Waals surface area contributed by atoms with Crippen LogP contribution in [0.15, 0.2) is 18.2 Å². The van der Waals surface area contributed by atoms with Gasteiger partial charge in [0.05, 0.1) is 10.5 Å². The van der Waals surface area contributed by atoms with Crippen molar-refractivity contribution in [1.29, 1.82) is 0 Å². The van der Waals surface area contributed by atoms with Crippen molar-refractivity contribution in [3.63, 3.8) is 0 Å². The average Bonchev–Trinajstić information content (AvgIpc) is 2.29. The second kappa shape index (κ2) is 4.66. The van der Waals surface area contributed by atoms with Crippen LogP contribution >= 0.6 is 11.6 Å². The average molecular weight is 248 g/mol. The van der Waals surface area contributed by atoms with Crippen molar-refractivity contribution < 1.29 is 0 Å². The Morgan fingerprint density at radius 3 is 2.59 bits per heavy atom. The third-order valence-corrected chi connectivity index (χ3v) is 3.70. The van der Waals surface area contributed by atoms with Gasteiger partial charge in [0, 0.05) is 11.1 Å². The van der Waals surface area contributed by atoms with Crippen LogP contribution in [0.1, 0.15) is 43.5 Å². The molecule has 0 saturated heterocycles. The summed E-state index contributed by atoms with van der Waals surface area (Å²) in [5.41, 5.74) is 4.52. The largest absolute Gasteiger partial charge is 0.253 e. The van der Waals surface area contributed by atoms with E-state index in [1.807, 2.05) is 6.92 Å². The first-order chi connectivity index (χ1) is 8.04. The summed E-state index contributed by atoms with van der Waals surface area (Å²) in [6.45, 7) is 8.53. The monoisotopic (exact) mass is 247 g/mol. The number of fused-ring (bicyclic) bond motifs is 1. The predicted octanol–water partition coefficient (Wildman–Crippen LogP) is 4.88. The Labute approximate surface area is 108 Å². The maximum absolute atomic E-state index is 6.48. The SMILES string of the molecule is CCc1c(C)nc2ccc(C(C)C)cc2c1Cl. The molecule has 0 aliphatic heterocycles. The zero-order valence-electron chi connectivity index (χ0n) is 10.8. The van der Waals surface area contributed by atoms with Gasteiger partial charge in [-0.15, -0.1) is 0 Å². The van der Waals surface area contributed by atoms with Gasteiger partial charge in [-0.25, -0.2) is 0 Å². The minimum absolute atomic E-state index is 0.516. The quantitative estimate of drug-likeness (QED) is 0.737. The Bertz CT molecular complexity index is 558. The summed E-state index contributed by atoms with van der Waals surface area (Å²) in [6.07, 6.45) is 0.930. The van der Waals surface area contributed by atoms with Crippen LogP contribution in [0.4, 0.5) is 0 Å². The smallest absolute Gasteiger partial charge is 0.0720 e. The molecule has 1 heterocycles. The number of nitrogens with zero attached hydrogens (tertiary/aromatic N) is 1. The van der Waals surface area contributed by atoms with E-state index in [0.717, 1.165) is 28.0 Å². The van der Waals surface area contributed by atoms with Gasteiger partial charge in [0.25, 0.3) is 0 Å². The van der Waals surface area contributed by atoms with Crippen LogP contribution in [0, 0.1) is 6.92 Å². The lowest BCUT2D eigenvalue weighted by Crippen LogP contribution is -1.96. The Morgan fingerprint density at radius 2 is 2.00 bits per heavy atom. The van der Waals surface area contributed by atoms with Gasteiger partial charge in [-0.05, 0) is 42.5 Å². The third kappa shape index (κ3) is 2.16. The number of aromatic nitrogens is 1. The summed E-state index contributed by atoms with van der Waals surface area (Å²) >= 11 is 6.48. The van der Waals surface area contributed by atoms with Crippen LogP contribution in [0.2, 0.25) is 5.02 Å². The van der Waals surface area contributed by atoms with E-state index < -0.39 is 0 Å². The second-order valence-corrected chi connectivity index (χ2v) is 5.15. The lowest BCUT2D eigenvalue weighted by molar-refractivity contribution is 0.868. The highest BCUT2D eigenvalue weighted by atomic mass is 35.5. The molecule has 0 amide bonds. The molecule has 0 N–H and O–H groups in total. The molecular weight excluding hydrogens is 230 g/mol. The van der Waals surface area contributed by atoms with Crippen molar-refractivity contribution in [3.05, 3.63) is 40.0 Å². The molecule has 0 bridgehead atoms. The van der Waals surface area contributed by atoms with Gasteiger partial charge in [0.15, 0.2) is 0 Å². The summed E-state index contributed by atoms with van der Waals surface area (Å²) in [5.74, 6) is 0.516. The van der Waals surface area contributed by atoms with E-state index in [9.17, 15) is 0 Å². The molecule has 0 aliphatic rings. The Morgan fingerprint density at radius 1 is 1.29 bits per heavy atom. The number of hydrogen-bond donors (Lipinski definition) is 0. The molecule has 0 fully saturated rings. The van der Waals surface area contributed by atoms with Crippen LogP contribution in [0.5, 0.6) is 0 Å². The molecule has 0 atom stereocenters. The van der Waals surface area contributed by atoms with Crippen LogP contribution in [-0.2, 0) is 6.42 Å². The number of rotatable bonds is 2. The fourth-order valence-electron chi connectivity index (χ4n) is 2.17. The van der Waals surface area contributed by atoms with Crippen LogP contribution in [0.3, 0.4) is 0 Å².